The Morgan fingerprint density at radius 3 is 2.59 bits per heavy atom. The second-order valence-electron chi connectivity index (χ2n) is 5.79. The van der Waals surface area contributed by atoms with Gasteiger partial charge in [0.15, 0.2) is 0 Å². The molecule has 0 radical (unpaired) electrons. The molecule has 2 aromatic rings. The molecule has 3 nitrogen and oxygen atoms in total. The molecule has 0 amide bonds. The van der Waals surface area contributed by atoms with Gasteiger partial charge in [-0.25, -0.2) is 4.79 Å². The van der Waals surface area contributed by atoms with Gasteiger partial charge in [0, 0.05) is 0 Å². The number of methoxy groups -OCH3 is 2. The van der Waals surface area contributed by atoms with Crippen LogP contribution in [0.5, 0.6) is 5.75 Å². The van der Waals surface area contributed by atoms with Crippen molar-refractivity contribution in [3.05, 3.63) is 64.7 Å². The van der Waals surface area contributed by atoms with E-state index in [9.17, 15) is 4.79 Å². The van der Waals surface area contributed by atoms with Crippen molar-refractivity contribution in [2.24, 2.45) is 0 Å². The lowest BCUT2D eigenvalue weighted by Gasteiger charge is -2.08. The SMILES string of the molecule is COC(=O)c1cccc([C@H]2C[C@@H]2c2ccc(OC)cc2C)c1. The Bertz CT molecular complexity index is 706. The van der Waals surface area contributed by atoms with Crippen molar-refractivity contribution in [3.8, 4) is 5.75 Å². The van der Waals surface area contributed by atoms with Crippen molar-refractivity contribution in [3.63, 3.8) is 0 Å². The number of carbonyl (C=O) groups excluding carboxylic acids is 1. The van der Waals surface area contributed by atoms with Crippen LogP contribution in [-0.2, 0) is 4.74 Å². The third-order valence-corrected chi connectivity index (χ3v) is 4.40. The van der Waals surface area contributed by atoms with E-state index in [1.165, 1.54) is 23.8 Å². The third-order valence-electron chi connectivity index (χ3n) is 4.40. The Balaban J connectivity index is 1.81. The summed E-state index contributed by atoms with van der Waals surface area (Å²) in [6.45, 7) is 2.12. The van der Waals surface area contributed by atoms with E-state index in [1.54, 1.807) is 13.2 Å². The Kier molecular flexibility index (Phi) is 3.88. The van der Waals surface area contributed by atoms with Gasteiger partial charge >= 0.3 is 5.97 Å². The molecule has 0 bridgehead atoms. The van der Waals surface area contributed by atoms with Gasteiger partial charge in [-0.3, -0.25) is 0 Å². The predicted molar refractivity (Wildman–Crippen MR) is 85.6 cm³/mol. The van der Waals surface area contributed by atoms with E-state index in [-0.39, 0.29) is 5.97 Å². The number of esters is 1. The maximum Gasteiger partial charge on any atom is 0.337 e. The fourth-order valence-electron chi connectivity index (χ4n) is 3.11. The summed E-state index contributed by atoms with van der Waals surface area (Å²) < 4.78 is 10.1. The molecule has 1 saturated carbocycles. The van der Waals surface area contributed by atoms with Gasteiger partial charge in [0.25, 0.3) is 0 Å². The molecule has 3 heteroatoms. The summed E-state index contributed by atoms with van der Waals surface area (Å²) >= 11 is 0. The van der Waals surface area contributed by atoms with Gasteiger partial charge < -0.3 is 9.47 Å². The van der Waals surface area contributed by atoms with Gasteiger partial charge in [0.2, 0.25) is 0 Å². The number of benzene rings is 2. The van der Waals surface area contributed by atoms with Crippen LogP contribution in [-0.4, -0.2) is 20.2 Å². The van der Waals surface area contributed by atoms with E-state index >= 15 is 0 Å². The Hall–Kier alpha value is -2.29. The summed E-state index contributed by atoms with van der Waals surface area (Å²) in [4.78, 5) is 11.6. The van der Waals surface area contributed by atoms with Gasteiger partial charge in [0.1, 0.15) is 5.75 Å². The fourth-order valence-corrected chi connectivity index (χ4v) is 3.11. The lowest BCUT2D eigenvalue weighted by Crippen LogP contribution is -2.01. The van der Waals surface area contributed by atoms with E-state index in [2.05, 4.69) is 25.1 Å². The number of carbonyl (C=O) groups is 1. The molecular weight excluding hydrogens is 276 g/mol. The molecule has 2 atom stereocenters. The van der Waals surface area contributed by atoms with Crippen molar-refractivity contribution >= 4 is 5.97 Å². The molecule has 1 fully saturated rings. The minimum atomic E-state index is -0.278. The second-order valence-corrected chi connectivity index (χ2v) is 5.79. The van der Waals surface area contributed by atoms with Crippen molar-refractivity contribution in [1.82, 2.24) is 0 Å². The van der Waals surface area contributed by atoms with Crippen LogP contribution >= 0.6 is 0 Å². The molecule has 0 unspecified atom stereocenters. The number of hydrogen-bond acceptors (Lipinski definition) is 3. The molecule has 0 spiro atoms. The first-order valence-electron chi connectivity index (χ1n) is 7.47. The summed E-state index contributed by atoms with van der Waals surface area (Å²) in [7, 11) is 3.10. The molecule has 1 aliphatic carbocycles. The topological polar surface area (TPSA) is 35.5 Å². The third kappa shape index (κ3) is 2.71. The van der Waals surface area contributed by atoms with E-state index < -0.39 is 0 Å². The van der Waals surface area contributed by atoms with Gasteiger partial charge in [-0.2, -0.15) is 0 Å². The van der Waals surface area contributed by atoms with Crippen LogP contribution in [0.3, 0.4) is 0 Å². The summed E-state index contributed by atoms with van der Waals surface area (Å²) in [5.74, 6) is 1.63. The summed E-state index contributed by atoms with van der Waals surface area (Å²) in [6, 6.07) is 14.0. The maximum absolute atomic E-state index is 11.6. The molecule has 1 aliphatic rings. The molecule has 22 heavy (non-hydrogen) atoms. The first kappa shape index (κ1) is 14.6. The quantitative estimate of drug-likeness (QED) is 0.798. The predicted octanol–water partition coefficient (Wildman–Crippen LogP) is 4.06. The van der Waals surface area contributed by atoms with Gasteiger partial charge in [-0.1, -0.05) is 18.2 Å². The van der Waals surface area contributed by atoms with Crippen molar-refractivity contribution < 1.29 is 14.3 Å². The molecule has 2 aromatic carbocycles. The van der Waals surface area contributed by atoms with Crippen LogP contribution < -0.4 is 4.74 Å². The first-order valence-corrected chi connectivity index (χ1v) is 7.47. The standard InChI is InChI=1S/C19H20O3/c1-12-9-15(21-2)7-8-16(12)18-11-17(18)13-5-4-6-14(10-13)19(20)22-3/h4-10,17-18H,11H2,1-3H3/t17-,18-/m1/s1. The fraction of sp³-hybridized carbons (Fsp3) is 0.316. The normalized spacial score (nSPS) is 19.6. The lowest BCUT2D eigenvalue weighted by atomic mass is 9.99. The second kappa shape index (κ2) is 5.84. The van der Waals surface area contributed by atoms with Crippen LogP contribution in [0.25, 0.3) is 0 Å². The Morgan fingerprint density at radius 1 is 1.09 bits per heavy atom. The van der Waals surface area contributed by atoms with Crippen LogP contribution in [0.1, 0.15) is 45.3 Å². The highest BCUT2D eigenvalue weighted by Crippen LogP contribution is 2.55. The summed E-state index contributed by atoms with van der Waals surface area (Å²) in [5.41, 5.74) is 4.46. The largest absolute Gasteiger partial charge is 0.497 e. The van der Waals surface area contributed by atoms with Gasteiger partial charge in [-0.15, -0.1) is 0 Å². The number of rotatable bonds is 4. The average molecular weight is 296 g/mol. The van der Waals surface area contributed by atoms with E-state index in [0.29, 0.717) is 17.4 Å². The van der Waals surface area contributed by atoms with Crippen molar-refractivity contribution in [1.29, 1.82) is 0 Å². The smallest absolute Gasteiger partial charge is 0.337 e. The lowest BCUT2D eigenvalue weighted by molar-refractivity contribution is 0.0600. The molecule has 0 aliphatic heterocycles. The zero-order valence-corrected chi connectivity index (χ0v) is 13.1. The highest BCUT2D eigenvalue weighted by atomic mass is 16.5. The van der Waals surface area contributed by atoms with Crippen LogP contribution in [0, 0.1) is 6.92 Å². The van der Waals surface area contributed by atoms with Gasteiger partial charge in [0.05, 0.1) is 19.8 Å². The molecular formula is C19H20O3. The average Bonchev–Trinajstić information content (AvgIpc) is 3.34. The minimum Gasteiger partial charge on any atom is -0.497 e. The van der Waals surface area contributed by atoms with E-state index in [1.807, 2.05) is 18.2 Å². The Morgan fingerprint density at radius 2 is 1.91 bits per heavy atom. The maximum atomic E-state index is 11.6. The summed E-state index contributed by atoms with van der Waals surface area (Å²) in [5, 5.41) is 0. The highest BCUT2D eigenvalue weighted by molar-refractivity contribution is 5.89. The molecule has 0 saturated heterocycles. The van der Waals surface area contributed by atoms with E-state index in [4.69, 9.17) is 9.47 Å². The zero-order valence-electron chi connectivity index (χ0n) is 13.1. The van der Waals surface area contributed by atoms with Crippen molar-refractivity contribution in [2.45, 2.75) is 25.2 Å². The molecule has 0 heterocycles. The zero-order chi connectivity index (χ0) is 15.7. The van der Waals surface area contributed by atoms with Crippen molar-refractivity contribution in [2.75, 3.05) is 14.2 Å². The van der Waals surface area contributed by atoms with Gasteiger partial charge in [-0.05, 0) is 66.1 Å². The van der Waals surface area contributed by atoms with Crippen LogP contribution in [0.15, 0.2) is 42.5 Å². The van der Waals surface area contributed by atoms with Crippen LogP contribution in [0.2, 0.25) is 0 Å². The van der Waals surface area contributed by atoms with Crippen LogP contribution in [0.4, 0.5) is 0 Å². The molecule has 0 aromatic heterocycles. The minimum absolute atomic E-state index is 0.278. The monoisotopic (exact) mass is 296 g/mol. The Labute approximate surface area is 130 Å². The molecule has 0 N–H and O–H groups in total. The highest BCUT2D eigenvalue weighted by Gasteiger charge is 2.40. The number of ether oxygens (including phenoxy) is 2. The first-order chi connectivity index (χ1) is 10.6. The summed E-state index contributed by atoms with van der Waals surface area (Å²) in [6.07, 6.45) is 1.12. The molecule has 114 valence electrons. The number of hydrogen-bond donors (Lipinski definition) is 0. The number of aryl methyl sites for hydroxylation is 1. The van der Waals surface area contributed by atoms with E-state index in [0.717, 1.165) is 12.2 Å². The molecule has 3 rings (SSSR count).